The summed E-state index contributed by atoms with van der Waals surface area (Å²) in [5, 5.41) is 11.1. The average molecular weight is 450 g/mol. The highest BCUT2D eigenvalue weighted by Crippen LogP contribution is 2.24. The molecular weight excluding hydrogens is 430 g/mol. The summed E-state index contributed by atoms with van der Waals surface area (Å²) in [6.07, 6.45) is 2.01. The van der Waals surface area contributed by atoms with Crippen LogP contribution >= 0.6 is 34.9 Å². The van der Waals surface area contributed by atoms with Crippen molar-refractivity contribution >= 4 is 56.7 Å². The number of amides is 1. The van der Waals surface area contributed by atoms with Gasteiger partial charge in [-0.2, -0.15) is 16.8 Å². The van der Waals surface area contributed by atoms with Crippen molar-refractivity contribution in [2.24, 2.45) is 4.99 Å². The van der Waals surface area contributed by atoms with Gasteiger partial charge in [0.25, 0.3) is 11.6 Å². The van der Waals surface area contributed by atoms with Gasteiger partial charge in [0.1, 0.15) is 5.75 Å². The summed E-state index contributed by atoms with van der Waals surface area (Å²) in [5.74, 6) is 1.58. The highest BCUT2D eigenvalue weighted by Gasteiger charge is 2.13. The molecule has 7 nitrogen and oxygen atoms in total. The molecule has 0 spiro atoms. The van der Waals surface area contributed by atoms with Crippen LogP contribution in [-0.4, -0.2) is 40.3 Å². The number of aryl methyl sites for hydroxylation is 1. The van der Waals surface area contributed by atoms with Crippen molar-refractivity contribution in [1.82, 2.24) is 4.57 Å². The van der Waals surface area contributed by atoms with Crippen molar-refractivity contribution in [3.05, 3.63) is 57.4 Å². The van der Waals surface area contributed by atoms with Gasteiger partial charge in [-0.3, -0.25) is 14.9 Å². The summed E-state index contributed by atoms with van der Waals surface area (Å²) in [7, 11) is 1.61. The second-order valence-corrected chi connectivity index (χ2v) is 8.95. The summed E-state index contributed by atoms with van der Waals surface area (Å²) in [4.78, 5) is 28.9. The monoisotopic (exact) mass is 449 g/mol. The number of thioether (sulfide) groups is 2. The minimum absolute atomic E-state index is 0.0312. The van der Waals surface area contributed by atoms with Gasteiger partial charge < -0.3 is 9.30 Å². The number of hydrogen-bond acceptors (Lipinski definition) is 7. The molecule has 0 aliphatic heterocycles. The van der Waals surface area contributed by atoms with E-state index in [4.69, 9.17) is 4.74 Å². The zero-order valence-corrected chi connectivity index (χ0v) is 18.3. The molecule has 1 aromatic heterocycles. The minimum atomic E-state index is -0.418. The van der Waals surface area contributed by atoms with Gasteiger partial charge >= 0.3 is 0 Å². The molecule has 0 saturated heterocycles. The molecule has 3 aromatic rings. The van der Waals surface area contributed by atoms with Crippen LogP contribution in [-0.2, 0) is 11.3 Å². The Kier molecular flexibility index (Phi) is 7.34. The molecule has 10 heteroatoms. The van der Waals surface area contributed by atoms with Crippen LogP contribution in [0.2, 0.25) is 0 Å². The fourth-order valence-electron chi connectivity index (χ4n) is 2.62. The van der Waals surface area contributed by atoms with Gasteiger partial charge in [0.15, 0.2) is 4.80 Å². The van der Waals surface area contributed by atoms with Crippen molar-refractivity contribution in [2.75, 3.05) is 24.9 Å². The van der Waals surface area contributed by atoms with E-state index in [0.717, 1.165) is 26.6 Å². The lowest BCUT2D eigenvalue weighted by molar-refractivity contribution is -0.384. The van der Waals surface area contributed by atoms with Crippen LogP contribution < -0.4 is 9.54 Å². The molecule has 29 heavy (non-hydrogen) atoms. The molecule has 0 radical (unpaired) electrons. The summed E-state index contributed by atoms with van der Waals surface area (Å²) in [5.41, 5.74) is 0.882. The number of nitro groups is 1. The number of ether oxygens (including phenoxy) is 1. The summed E-state index contributed by atoms with van der Waals surface area (Å²) in [6.45, 7) is 0.677. The molecule has 0 bridgehead atoms. The Morgan fingerprint density at radius 2 is 2.03 bits per heavy atom. The highest BCUT2D eigenvalue weighted by atomic mass is 32.2. The molecule has 3 rings (SSSR count). The fourth-order valence-corrected chi connectivity index (χ4v) is 4.77. The topological polar surface area (TPSA) is 86.7 Å². The van der Waals surface area contributed by atoms with E-state index in [0.29, 0.717) is 11.3 Å². The van der Waals surface area contributed by atoms with Crippen LogP contribution in [0.4, 0.5) is 5.69 Å². The number of nitro benzene ring substituents is 1. The minimum Gasteiger partial charge on any atom is -0.497 e. The number of fused-ring (bicyclic) bond motifs is 1. The number of hydrogen-bond donors (Lipinski definition) is 0. The van der Waals surface area contributed by atoms with Crippen molar-refractivity contribution in [1.29, 1.82) is 0 Å². The molecule has 152 valence electrons. The number of thiazole rings is 1. The lowest BCUT2D eigenvalue weighted by Crippen LogP contribution is -2.18. The molecule has 1 amide bonds. The van der Waals surface area contributed by atoms with Gasteiger partial charge in [-0.25, -0.2) is 0 Å². The Morgan fingerprint density at radius 3 is 2.69 bits per heavy atom. The Morgan fingerprint density at radius 1 is 1.28 bits per heavy atom. The zero-order valence-electron chi connectivity index (χ0n) is 15.9. The third kappa shape index (κ3) is 5.40. The second kappa shape index (κ2) is 9.95. The first-order chi connectivity index (χ1) is 14.0. The molecule has 1 heterocycles. The number of nitrogens with zero attached hydrogens (tertiary/aromatic N) is 3. The maximum Gasteiger partial charge on any atom is 0.270 e. The molecule has 0 aliphatic rings. The SMILES string of the molecule is COc1ccc(SCC(=O)N=c2sc3cc([N+](=O)[O-])ccc3n2CCSC)cc1. The summed E-state index contributed by atoms with van der Waals surface area (Å²) >= 11 is 4.39. The van der Waals surface area contributed by atoms with Gasteiger partial charge in [0.05, 0.1) is 28.0 Å². The maximum absolute atomic E-state index is 12.5. The smallest absolute Gasteiger partial charge is 0.270 e. The molecule has 0 saturated carbocycles. The number of carbonyl (C=O) groups is 1. The Bertz CT molecular complexity index is 1090. The van der Waals surface area contributed by atoms with Crippen LogP contribution in [0.15, 0.2) is 52.4 Å². The molecule has 0 aliphatic carbocycles. The number of aromatic nitrogens is 1. The number of non-ortho nitro benzene ring substituents is 1. The Labute approximate surface area is 179 Å². The molecule has 0 atom stereocenters. The quantitative estimate of drug-likeness (QED) is 0.291. The van der Waals surface area contributed by atoms with Crippen molar-refractivity contribution in [3.63, 3.8) is 0 Å². The Hall–Kier alpha value is -2.30. The van der Waals surface area contributed by atoms with Gasteiger partial charge in [-0.1, -0.05) is 11.3 Å². The third-order valence-electron chi connectivity index (χ3n) is 4.04. The lowest BCUT2D eigenvalue weighted by Gasteiger charge is -2.04. The summed E-state index contributed by atoms with van der Waals surface area (Å²) in [6, 6.07) is 12.2. The van der Waals surface area contributed by atoms with E-state index in [1.807, 2.05) is 35.1 Å². The van der Waals surface area contributed by atoms with Crippen molar-refractivity contribution in [2.45, 2.75) is 11.4 Å². The van der Waals surface area contributed by atoms with Gasteiger partial charge in [0.2, 0.25) is 0 Å². The first-order valence-electron chi connectivity index (χ1n) is 8.63. The molecular formula is C19H19N3O4S3. The normalized spacial score (nSPS) is 11.7. The molecule has 0 N–H and O–H groups in total. The number of methoxy groups -OCH3 is 1. The highest BCUT2D eigenvalue weighted by molar-refractivity contribution is 8.00. The zero-order chi connectivity index (χ0) is 20.8. The van der Waals surface area contributed by atoms with Gasteiger partial charge in [-0.05, 0) is 36.6 Å². The van der Waals surface area contributed by atoms with Crippen molar-refractivity contribution < 1.29 is 14.5 Å². The van der Waals surface area contributed by atoms with E-state index < -0.39 is 4.92 Å². The van der Waals surface area contributed by atoms with Crippen LogP contribution in [0.1, 0.15) is 0 Å². The van der Waals surface area contributed by atoms with Crippen LogP contribution in [0, 0.1) is 10.1 Å². The lowest BCUT2D eigenvalue weighted by atomic mass is 10.3. The predicted molar refractivity (Wildman–Crippen MR) is 119 cm³/mol. The molecule has 0 unspecified atom stereocenters. The largest absolute Gasteiger partial charge is 0.497 e. The van der Waals surface area contributed by atoms with E-state index in [9.17, 15) is 14.9 Å². The average Bonchev–Trinajstić information content (AvgIpc) is 3.07. The second-order valence-electron chi connectivity index (χ2n) is 5.91. The van der Waals surface area contributed by atoms with E-state index >= 15 is 0 Å². The molecule has 0 fully saturated rings. The number of rotatable bonds is 8. The van der Waals surface area contributed by atoms with Gasteiger partial charge in [0, 0.05) is 29.3 Å². The first-order valence-corrected chi connectivity index (χ1v) is 11.8. The van der Waals surface area contributed by atoms with E-state index in [2.05, 4.69) is 4.99 Å². The predicted octanol–water partition coefficient (Wildman–Crippen LogP) is 4.20. The first kappa shape index (κ1) is 21.4. The standard InChI is InChI=1S/C19H19N3O4S3/c1-26-14-4-6-15(7-5-14)28-12-18(23)20-19-21(9-10-27-2)16-8-3-13(22(24)25)11-17(16)29-19/h3-8,11H,9-10,12H2,1-2H3. The maximum atomic E-state index is 12.5. The number of benzene rings is 2. The summed E-state index contributed by atoms with van der Waals surface area (Å²) < 4.78 is 7.83. The van der Waals surface area contributed by atoms with E-state index in [-0.39, 0.29) is 17.3 Å². The van der Waals surface area contributed by atoms with Crippen LogP contribution in [0.5, 0.6) is 5.75 Å². The van der Waals surface area contributed by atoms with Crippen molar-refractivity contribution in [3.8, 4) is 5.75 Å². The third-order valence-corrected chi connectivity index (χ3v) is 6.67. The fraction of sp³-hybridized carbons (Fsp3) is 0.263. The molecule has 2 aromatic carbocycles. The Balaban J connectivity index is 1.85. The van der Waals surface area contributed by atoms with E-state index in [1.54, 1.807) is 24.9 Å². The number of carbonyl (C=O) groups excluding carboxylic acids is 1. The van der Waals surface area contributed by atoms with E-state index in [1.165, 1.54) is 35.2 Å². The van der Waals surface area contributed by atoms with Crippen LogP contribution in [0.25, 0.3) is 10.2 Å². The van der Waals surface area contributed by atoms with Crippen LogP contribution in [0.3, 0.4) is 0 Å². The van der Waals surface area contributed by atoms with Gasteiger partial charge in [-0.15, -0.1) is 11.8 Å².